The fraction of sp³-hybridized carbons (Fsp3) is 0.333. The highest BCUT2D eigenvalue weighted by molar-refractivity contribution is 7.89. The number of amides is 1. The van der Waals surface area contributed by atoms with Gasteiger partial charge in [-0.25, -0.2) is 8.42 Å². The number of aromatic nitrogens is 1. The average Bonchev–Trinajstić information content (AvgIpc) is 2.83. The van der Waals surface area contributed by atoms with Gasteiger partial charge in [0.25, 0.3) is 5.91 Å². The number of carbonyl (C=O) groups is 1. The van der Waals surface area contributed by atoms with Crippen molar-refractivity contribution >= 4 is 26.8 Å². The largest absolute Gasteiger partial charge is 0.336 e. The van der Waals surface area contributed by atoms with Gasteiger partial charge in [0, 0.05) is 37.8 Å². The van der Waals surface area contributed by atoms with Gasteiger partial charge in [-0.3, -0.25) is 9.78 Å². The predicted molar refractivity (Wildman–Crippen MR) is 119 cm³/mol. The number of hydrogen-bond donors (Lipinski definition) is 0. The fourth-order valence-electron chi connectivity index (χ4n) is 4.60. The number of piperazine rings is 1. The normalized spacial score (nSPS) is 17.5. The second-order valence-electron chi connectivity index (χ2n) is 8.21. The van der Waals surface area contributed by atoms with Crippen LogP contribution < -0.4 is 0 Å². The molecule has 6 nitrogen and oxygen atoms in total. The molecule has 1 saturated heterocycles. The van der Waals surface area contributed by atoms with Crippen molar-refractivity contribution in [1.29, 1.82) is 0 Å². The van der Waals surface area contributed by atoms with Crippen molar-refractivity contribution in [3.63, 3.8) is 0 Å². The molecule has 0 spiro atoms. The van der Waals surface area contributed by atoms with Crippen molar-refractivity contribution in [3.8, 4) is 0 Å². The molecule has 2 aromatic carbocycles. The van der Waals surface area contributed by atoms with Crippen LogP contribution in [0.15, 0.2) is 59.6 Å². The number of rotatable bonds is 3. The molecule has 0 unspecified atom stereocenters. The molecule has 0 atom stereocenters. The quantitative estimate of drug-likeness (QED) is 0.633. The second kappa shape index (κ2) is 8.05. The van der Waals surface area contributed by atoms with E-state index in [1.54, 1.807) is 23.2 Å². The van der Waals surface area contributed by atoms with Crippen molar-refractivity contribution in [2.45, 2.75) is 30.6 Å². The SMILES string of the molecule is O=C(c1cccc2cccnc12)N1CCN(S(=O)(=O)c2ccc3c(c2)CCCC3)CC1. The number of aryl methyl sites for hydroxylation is 2. The summed E-state index contributed by atoms with van der Waals surface area (Å²) in [6, 6.07) is 14.9. The molecule has 0 bridgehead atoms. The minimum Gasteiger partial charge on any atom is -0.336 e. The Morgan fingerprint density at radius 2 is 1.61 bits per heavy atom. The molecular weight excluding hydrogens is 410 g/mol. The van der Waals surface area contributed by atoms with Gasteiger partial charge in [0.2, 0.25) is 10.0 Å². The summed E-state index contributed by atoms with van der Waals surface area (Å²) in [5.74, 6) is -0.102. The van der Waals surface area contributed by atoms with Crippen LogP contribution >= 0.6 is 0 Å². The third-order valence-electron chi connectivity index (χ3n) is 6.35. The van der Waals surface area contributed by atoms with E-state index >= 15 is 0 Å². The minimum absolute atomic E-state index is 0.102. The molecule has 31 heavy (non-hydrogen) atoms. The number of para-hydroxylation sites is 1. The number of sulfonamides is 1. The Morgan fingerprint density at radius 1 is 0.871 bits per heavy atom. The van der Waals surface area contributed by atoms with Gasteiger partial charge >= 0.3 is 0 Å². The lowest BCUT2D eigenvalue weighted by Crippen LogP contribution is -2.50. The maximum atomic E-state index is 13.2. The summed E-state index contributed by atoms with van der Waals surface area (Å²) in [5, 5.41) is 0.918. The van der Waals surface area contributed by atoms with Gasteiger partial charge in [-0.15, -0.1) is 0 Å². The molecule has 1 aromatic heterocycles. The smallest absolute Gasteiger partial charge is 0.256 e. The van der Waals surface area contributed by atoms with Crippen LogP contribution in [0.1, 0.15) is 34.3 Å². The summed E-state index contributed by atoms with van der Waals surface area (Å²) in [5.41, 5.74) is 3.66. The fourth-order valence-corrected chi connectivity index (χ4v) is 6.07. The third kappa shape index (κ3) is 3.72. The van der Waals surface area contributed by atoms with E-state index in [1.807, 2.05) is 36.4 Å². The molecule has 1 amide bonds. The number of carbonyl (C=O) groups excluding carboxylic acids is 1. The molecule has 0 radical (unpaired) electrons. The van der Waals surface area contributed by atoms with Crippen LogP contribution in [0.3, 0.4) is 0 Å². The summed E-state index contributed by atoms with van der Waals surface area (Å²) in [6.07, 6.45) is 5.93. The monoisotopic (exact) mass is 435 g/mol. The van der Waals surface area contributed by atoms with Crippen molar-refractivity contribution in [2.75, 3.05) is 26.2 Å². The van der Waals surface area contributed by atoms with Crippen molar-refractivity contribution in [2.24, 2.45) is 0 Å². The Kier molecular flexibility index (Phi) is 5.24. The lowest BCUT2D eigenvalue weighted by atomic mass is 9.92. The lowest BCUT2D eigenvalue weighted by molar-refractivity contribution is 0.0699. The molecule has 2 aliphatic rings. The zero-order valence-corrected chi connectivity index (χ0v) is 18.1. The van der Waals surface area contributed by atoms with Gasteiger partial charge in [-0.1, -0.05) is 24.3 Å². The highest BCUT2D eigenvalue weighted by Gasteiger charge is 2.31. The first-order valence-corrected chi connectivity index (χ1v) is 12.2. The molecule has 0 saturated carbocycles. The number of nitrogens with zero attached hydrogens (tertiary/aromatic N) is 3. The molecule has 1 aliphatic heterocycles. The summed E-state index contributed by atoms with van der Waals surface area (Å²) in [4.78, 5) is 19.6. The summed E-state index contributed by atoms with van der Waals surface area (Å²) in [6.45, 7) is 1.32. The van der Waals surface area contributed by atoms with Gasteiger partial charge < -0.3 is 4.90 Å². The Morgan fingerprint density at radius 3 is 2.42 bits per heavy atom. The molecule has 5 rings (SSSR count). The zero-order valence-electron chi connectivity index (χ0n) is 17.3. The van der Waals surface area contributed by atoms with E-state index < -0.39 is 10.0 Å². The summed E-state index contributed by atoms with van der Waals surface area (Å²) >= 11 is 0. The van der Waals surface area contributed by atoms with E-state index in [4.69, 9.17) is 0 Å². The number of fused-ring (bicyclic) bond motifs is 2. The predicted octanol–water partition coefficient (Wildman–Crippen LogP) is 3.26. The van der Waals surface area contributed by atoms with Crippen LogP contribution in [-0.2, 0) is 22.9 Å². The van der Waals surface area contributed by atoms with Gasteiger partial charge in [0.05, 0.1) is 16.0 Å². The standard InChI is InChI=1S/C24H25N3O3S/c28-24(22-9-3-7-19-8-4-12-25-23(19)22)26-13-15-27(16-14-26)31(29,30)21-11-10-18-5-1-2-6-20(18)17-21/h3-4,7-12,17H,1-2,5-6,13-16H2. The van der Waals surface area contributed by atoms with Crippen LogP contribution in [-0.4, -0.2) is 54.7 Å². The van der Waals surface area contributed by atoms with Crippen LogP contribution in [0.25, 0.3) is 10.9 Å². The van der Waals surface area contributed by atoms with Crippen molar-refractivity contribution < 1.29 is 13.2 Å². The van der Waals surface area contributed by atoms with Gasteiger partial charge in [-0.2, -0.15) is 4.31 Å². The van der Waals surface area contributed by atoms with Gasteiger partial charge in [-0.05, 0) is 61.1 Å². The summed E-state index contributed by atoms with van der Waals surface area (Å²) in [7, 11) is -3.56. The lowest BCUT2D eigenvalue weighted by Gasteiger charge is -2.34. The minimum atomic E-state index is -3.56. The number of benzene rings is 2. The van der Waals surface area contributed by atoms with E-state index in [-0.39, 0.29) is 5.91 Å². The molecular formula is C24H25N3O3S. The van der Waals surface area contributed by atoms with E-state index in [9.17, 15) is 13.2 Å². The van der Waals surface area contributed by atoms with Crippen LogP contribution in [0.5, 0.6) is 0 Å². The second-order valence-corrected chi connectivity index (χ2v) is 10.2. The number of hydrogen-bond acceptors (Lipinski definition) is 4. The average molecular weight is 436 g/mol. The molecule has 1 aliphatic carbocycles. The van der Waals surface area contributed by atoms with E-state index in [2.05, 4.69) is 4.98 Å². The first-order valence-electron chi connectivity index (χ1n) is 10.8. The van der Waals surface area contributed by atoms with Gasteiger partial charge in [0.15, 0.2) is 0 Å². The van der Waals surface area contributed by atoms with Crippen molar-refractivity contribution in [1.82, 2.24) is 14.2 Å². The highest BCUT2D eigenvalue weighted by atomic mass is 32.2. The van der Waals surface area contributed by atoms with E-state index in [0.29, 0.717) is 42.2 Å². The third-order valence-corrected chi connectivity index (χ3v) is 8.24. The zero-order chi connectivity index (χ0) is 21.4. The van der Waals surface area contributed by atoms with E-state index in [1.165, 1.54) is 16.3 Å². The van der Waals surface area contributed by atoms with E-state index in [0.717, 1.165) is 30.2 Å². The molecule has 7 heteroatoms. The molecule has 1 fully saturated rings. The van der Waals surface area contributed by atoms with Crippen LogP contribution in [0, 0.1) is 0 Å². The maximum Gasteiger partial charge on any atom is 0.256 e. The Labute approximate surface area is 182 Å². The number of pyridine rings is 1. The Bertz CT molecular complexity index is 1240. The first kappa shape index (κ1) is 20.2. The Balaban J connectivity index is 1.32. The molecule has 0 N–H and O–H groups in total. The van der Waals surface area contributed by atoms with Crippen molar-refractivity contribution in [3.05, 3.63) is 71.4 Å². The molecule has 2 heterocycles. The highest BCUT2D eigenvalue weighted by Crippen LogP contribution is 2.26. The topological polar surface area (TPSA) is 70.6 Å². The van der Waals surface area contributed by atoms with Crippen LogP contribution in [0.2, 0.25) is 0 Å². The molecule has 160 valence electrons. The van der Waals surface area contributed by atoms with Crippen LogP contribution in [0.4, 0.5) is 0 Å². The molecule has 3 aromatic rings. The first-order chi connectivity index (χ1) is 15.0. The summed E-state index contributed by atoms with van der Waals surface area (Å²) < 4.78 is 27.9. The maximum absolute atomic E-state index is 13.2. The van der Waals surface area contributed by atoms with Gasteiger partial charge in [0.1, 0.15) is 0 Å². The Hall–Kier alpha value is -2.77.